The Kier molecular flexibility index (Phi) is 6.46. The molecule has 0 unspecified atom stereocenters. The predicted molar refractivity (Wildman–Crippen MR) is 72.7 cm³/mol. The third-order valence-corrected chi connectivity index (χ3v) is 2.38. The lowest BCUT2D eigenvalue weighted by atomic mass is 10.3. The summed E-state index contributed by atoms with van der Waals surface area (Å²) in [5.74, 6) is 0.644. The van der Waals surface area contributed by atoms with Crippen molar-refractivity contribution >= 4 is 11.7 Å². The van der Waals surface area contributed by atoms with Crippen molar-refractivity contribution in [2.24, 2.45) is 0 Å². The average molecular weight is 251 g/mol. The van der Waals surface area contributed by atoms with Gasteiger partial charge in [0.25, 0.3) is 0 Å². The molecule has 0 heterocycles. The molecular weight excluding hydrogens is 230 g/mol. The van der Waals surface area contributed by atoms with E-state index in [4.69, 9.17) is 10.5 Å². The number of unbranched alkanes of at least 4 members (excludes halogenated alkanes) is 1. The minimum Gasteiger partial charge on any atom is -0.490 e. The zero-order valence-electron chi connectivity index (χ0n) is 10.7. The summed E-state index contributed by atoms with van der Waals surface area (Å²) < 4.78 is 5.45. The molecule has 0 saturated carbocycles. The molecule has 2 amide bonds. The summed E-state index contributed by atoms with van der Waals surface area (Å²) in [6.45, 7) is 3.63. The lowest BCUT2D eigenvalue weighted by Crippen LogP contribution is -2.38. The maximum absolute atomic E-state index is 11.3. The van der Waals surface area contributed by atoms with Crippen molar-refractivity contribution in [3.05, 3.63) is 24.3 Å². The van der Waals surface area contributed by atoms with Crippen LogP contribution < -0.4 is 21.1 Å². The Labute approximate surface area is 108 Å². The number of para-hydroxylation sites is 2. The maximum atomic E-state index is 11.3. The standard InChI is InChI=1S/C13H21N3O2/c1-2-3-8-15-13(17)16-9-10-18-12-7-5-4-6-11(12)14/h4-7H,2-3,8-10,14H2,1H3,(H2,15,16,17). The normalized spacial score (nSPS) is 9.83. The summed E-state index contributed by atoms with van der Waals surface area (Å²) in [4.78, 5) is 11.3. The van der Waals surface area contributed by atoms with E-state index in [0.717, 1.165) is 12.8 Å². The van der Waals surface area contributed by atoms with E-state index in [1.165, 1.54) is 0 Å². The number of carbonyl (C=O) groups excluding carboxylic acids is 1. The number of hydrogen-bond donors (Lipinski definition) is 3. The van der Waals surface area contributed by atoms with Gasteiger partial charge in [-0.2, -0.15) is 0 Å². The third kappa shape index (κ3) is 5.43. The molecule has 0 spiro atoms. The first-order chi connectivity index (χ1) is 8.74. The van der Waals surface area contributed by atoms with Crippen LogP contribution in [0.2, 0.25) is 0 Å². The van der Waals surface area contributed by atoms with E-state index in [-0.39, 0.29) is 6.03 Å². The Bertz CT molecular complexity index is 369. The SMILES string of the molecule is CCCCNC(=O)NCCOc1ccccc1N. The molecule has 0 saturated heterocycles. The summed E-state index contributed by atoms with van der Waals surface area (Å²) in [5, 5.41) is 5.48. The van der Waals surface area contributed by atoms with Crippen LogP contribution in [-0.2, 0) is 0 Å². The maximum Gasteiger partial charge on any atom is 0.314 e. The first kappa shape index (κ1) is 14.2. The first-order valence-electron chi connectivity index (χ1n) is 6.23. The van der Waals surface area contributed by atoms with E-state index in [1.54, 1.807) is 12.1 Å². The molecule has 0 aromatic heterocycles. The number of nitrogen functional groups attached to an aromatic ring is 1. The molecule has 0 fully saturated rings. The molecule has 18 heavy (non-hydrogen) atoms. The summed E-state index contributed by atoms with van der Waals surface area (Å²) in [6.07, 6.45) is 2.06. The Hall–Kier alpha value is -1.91. The Balaban J connectivity index is 2.12. The van der Waals surface area contributed by atoms with E-state index >= 15 is 0 Å². The van der Waals surface area contributed by atoms with Crippen LogP contribution in [-0.4, -0.2) is 25.7 Å². The number of amides is 2. The quantitative estimate of drug-likeness (QED) is 0.510. The van der Waals surface area contributed by atoms with E-state index in [2.05, 4.69) is 17.6 Å². The van der Waals surface area contributed by atoms with Gasteiger partial charge in [-0.3, -0.25) is 0 Å². The number of nitrogens with one attached hydrogen (secondary N) is 2. The second kappa shape index (κ2) is 8.22. The Morgan fingerprint density at radius 3 is 2.72 bits per heavy atom. The van der Waals surface area contributed by atoms with Crippen LogP contribution in [0.1, 0.15) is 19.8 Å². The molecule has 0 aliphatic carbocycles. The summed E-state index contributed by atoms with van der Waals surface area (Å²) in [6, 6.07) is 7.13. The zero-order chi connectivity index (χ0) is 13.2. The van der Waals surface area contributed by atoms with Gasteiger partial charge in [-0.25, -0.2) is 4.79 Å². The van der Waals surface area contributed by atoms with Crippen LogP contribution in [0.3, 0.4) is 0 Å². The van der Waals surface area contributed by atoms with Crippen molar-refractivity contribution in [1.82, 2.24) is 10.6 Å². The molecule has 0 atom stereocenters. The van der Waals surface area contributed by atoms with Crippen molar-refractivity contribution in [1.29, 1.82) is 0 Å². The van der Waals surface area contributed by atoms with E-state index < -0.39 is 0 Å². The van der Waals surface area contributed by atoms with Crippen molar-refractivity contribution in [2.75, 3.05) is 25.4 Å². The highest BCUT2D eigenvalue weighted by molar-refractivity contribution is 5.73. The highest BCUT2D eigenvalue weighted by Gasteiger charge is 2.00. The van der Waals surface area contributed by atoms with Gasteiger partial charge in [0.2, 0.25) is 0 Å². The van der Waals surface area contributed by atoms with Crippen molar-refractivity contribution in [2.45, 2.75) is 19.8 Å². The number of nitrogens with two attached hydrogens (primary N) is 1. The van der Waals surface area contributed by atoms with Crippen LogP contribution >= 0.6 is 0 Å². The van der Waals surface area contributed by atoms with Crippen LogP contribution in [0.25, 0.3) is 0 Å². The Morgan fingerprint density at radius 2 is 2.00 bits per heavy atom. The smallest absolute Gasteiger partial charge is 0.314 e. The molecule has 100 valence electrons. The van der Waals surface area contributed by atoms with Gasteiger partial charge < -0.3 is 21.1 Å². The number of carbonyl (C=O) groups is 1. The van der Waals surface area contributed by atoms with Crippen molar-refractivity contribution in [3.8, 4) is 5.75 Å². The minimum atomic E-state index is -0.159. The molecule has 1 aromatic carbocycles. The van der Waals surface area contributed by atoms with Crippen LogP contribution in [0, 0.1) is 0 Å². The highest BCUT2D eigenvalue weighted by atomic mass is 16.5. The molecule has 0 aliphatic rings. The third-order valence-electron chi connectivity index (χ3n) is 2.38. The molecule has 5 heteroatoms. The lowest BCUT2D eigenvalue weighted by molar-refractivity contribution is 0.236. The summed E-state index contributed by atoms with van der Waals surface area (Å²) >= 11 is 0. The van der Waals surface area contributed by atoms with Crippen molar-refractivity contribution in [3.63, 3.8) is 0 Å². The van der Waals surface area contributed by atoms with Gasteiger partial charge in [-0.05, 0) is 18.6 Å². The monoisotopic (exact) mass is 251 g/mol. The second-order valence-corrected chi connectivity index (χ2v) is 3.92. The number of anilines is 1. The van der Waals surface area contributed by atoms with Gasteiger partial charge >= 0.3 is 6.03 Å². The largest absolute Gasteiger partial charge is 0.490 e. The van der Waals surface area contributed by atoms with Gasteiger partial charge in [0.1, 0.15) is 12.4 Å². The van der Waals surface area contributed by atoms with Crippen LogP contribution in [0.15, 0.2) is 24.3 Å². The number of rotatable bonds is 7. The fraction of sp³-hybridized carbons (Fsp3) is 0.462. The van der Waals surface area contributed by atoms with Gasteiger partial charge in [0.15, 0.2) is 0 Å². The fourth-order valence-electron chi connectivity index (χ4n) is 1.38. The molecule has 5 nitrogen and oxygen atoms in total. The molecule has 0 bridgehead atoms. The predicted octanol–water partition coefficient (Wildman–Crippen LogP) is 1.75. The van der Waals surface area contributed by atoms with Crippen LogP contribution in [0.4, 0.5) is 10.5 Å². The zero-order valence-corrected chi connectivity index (χ0v) is 10.7. The molecule has 4 N–H and O–H groups in total. The average Bonchev–Trinajstić information content (AvgIpc) is 2.37. The second-order valence-electron chi connectivity index (χ2n) is 3.92. The number of urea groups is 1. The molecule has 1 rings (SSSR count). The molecule has 0 radical (unpaired) electrons. The molecule has 1 aromatic rings. The molecule has 0 aliphatic heterocycles. The van der Waals surface area contributed by atoms with Gasteiger partial charge in [0.05, 0.1) is 12.2 Å². The minimum absolute atomic E-state index is 0.159. The van der Waals surface area contributed by atoms with E-state index in [1.807, 2.05) is 12.1 Å². The van der Waals surface area contributed by atoms with E-state index in [0.29, 0.717) is 31.1 Å². The summed E-state index contributed by atoms with van der Waals surface area (Å²) in [7, 11) is 0. The number of ether oxygens (including phenoxy) is 1. The Morgan fingerprint density at radius 1 is 1.28 bits per heavy atom. The number of hydrogen-bond acceptors (Lipinski definition) is 3. The number of benzene rings is 1. The lowest BCUT2D eigenvalue weighted by Gasteiger charge is -2.10. The molecular formula is C13H21N3O2. The highest BCUT2D eigenvalue weighted by Crippen LogP contribution is 2.19. The van der Waals surface area contributed by atoms with Crippen molar-refractivity contribution < 1.29 is 9.53 Å². The van der Waals surface area contributed by atoms with Gasteiger partial charge in [0, 0.05) is 6.54 Å². The summed E-state index contributed by atoms with van der Waals surface area (Å²) in [5.41, 5.74) is 6.32. The topological polar surface area (TPSA) is 76.4 Å². The first-order valence-corrected chi connectivity index (χ1v) is 6.23. The van der Waals surface area contributed by atoms with Gasteiger partial charge in [-0.1, -0.05) is 25.5 Å². The fourth-order valence-corrected chi connectivity index (χ4v) is 1.38. The van der Waals surface area contributed by atoms with Gasteiger partial charge in [-0.15, -0.1) is 0 Å². The van der Waals surface area contributed by atoms with Crippen LogP contribution in [0.5, 0.6) is 5.75 Å². The van der Waals surface area contributed by atoms with E-state index in [9.17, 15) is 4.79 Å².